The Morgan fingerprint density at radius 3 is 2.07 bits per heavy atom. The summed E-state index contributed by atoms with van der Waals surface area (Å²) < 4.78 is 5.72. The van der Waals surface area contributed by atoms with E-state index >= 15 is 0 Å². The minimum absolute atomic E-state index is 0.0504. The van der Waals surface area contributed by atoms with Gasteiger partial charge in [0.1, 0.15) is 6.61 Å². The smallest absolute Gasteiger partial charge is 0.336 e. The van der Waals surface area contributed by atoms with E-state index < -0.39 is 22.8 Å². The molecule has 1 fully saturated rings. The summed E-state index contributed by atoms with van der Waals surface area (Å²) in [4.78, 5) is 41.4. The Labute approximate surface area is 256 Å². The molecule has 3 aromatic rings. The van der Waals surface area contributed by atoms with Crippen LogP contribution in [-0.2, 0) is 14.3 Å². The molecule has 0 bridgehead atoms. The third-order valence-electron chi connectivity index (χ3n) is 8.27. The van der Waals surface area contributed by atoms with Gasteiger partial charge in [-0.25, -0.2) is 9.59 Å². The van der Waals surface area contributed by atoms with Crippen LogP contribution in [0.4, 0.5) is 5.69 Å². The number of nitrogens with zero attached hydrogens (tertiary/aromatic N) is 3. The van der Waals surface area contributed by atoms with E-state index in [2.05, 4.69) is 63.6 Å². The molecule has 0 aromatic heterocycles. The predicted octanol–water partition coefficient (Wildman–Crippen LogP) is 4.86. The number of carboxylic acids is 1. The number of nitro groups is 1. The van der Waals surface area contributed by atoms with Crippen molar-refractivity contribution in [3.05, 3.63) is 134 Å². The molecule has 1 unspecified atom stereocenters. The van der Waals surface area contributed by atoms with Crippen LogP contribution >= 0.6 is 0 Å². The first kappa shape index (κ1) is 30.7. The molecule has 2 heterocycles. The lowest BCUT2D eigenvalue weighted by Crippen LogP contribution is -2.48. The number of carbonyl (C=O) groups is 2. The van der Waals surface area contributed by atoms with Gasteiger partial charge in [0.05, 0.1) is 28.0 Å². The molecular formula is C34H36N4O6. The van der Waals surface area contributed by atoms with Crippen LogP contribution in [-0.4, -0.2) is 71.1 Å². The minimum Gasteiger partial charge on any atom is -0.478 e. The van der Waals surface area contributed by atoms with Crippen molar-refractivity contribution in [1.29, 1.82) is 0 Å². The first-order valence-electron chi connectivity index (χ1n) is 14.6. The zero-order valence-electron chi connectivity index (χ0n) is 24.8. The molecule has 1 saturated heterocycles. The van der Waals surface area contributed by atoms with Crippen molar-refractivity contribution < 1.29 is 24.4 Å². The van der Waals surface area contributed by atoms with Crippen molar-refractivity contribution in [2.75, 3.05) is 39.3 Å². The number of nitrogens with one attached hydrogen (secondary N) is 1. The van der Waals surface area contributed by atoms with Gasteiger partial charge in [-0.2, -0.15) is 0 Å². The van der Waals surface area contributed by atoms with E-state index in [0.717, 1.165) is 26.2 Å². The SMILES string of the molecule is CC1=C(C(=O)O)C(c2cccc([N+](=O)[O-])c2)C(C(=O)OCCN2CCN(C(c3ccccc3)c3ccccc3)CC2)=C(C)N1. The average Bonchev–Trinajstić information content (AvgIpc) is 3.02. The van der Waals surface area contributed by atoms with Crippen LogP contribution < -0.4 is 5.32 Å². The Bertz CT molecular complexity index is 1540. The first-order valence-corrected chi connectivity index (χ1v) is 14.6. The number of rotatable bonds is 10. The van der Waals surface area contributed by atoms with Crippen molar-refractivity contribution in [2.24, 2.45) is 0 Å². The highest BCUT2D eigenvalue weighted by Gasteiger charge is 2.38. The van der Waals surface area contributed by atoms with Crippen LogP contribution in [0.5, 0.6) is 0 Å². The fraction of sp³-hybridized carbons (Fsp3) is 0.294. The highest BCUT2D eigenvalue weighted by Crippen LogP contribution is 2.39. The second-order valence-corrected chi connectivity index (χ2v) is 11.0. The summed E-state index contributed by atoms with van der Waals surface area (Å²) in [6.45, 7) is 7.25. The molecule has 44 heavy (non-hydrogen) atoms. The quantitative estimate of drug-likeness (QED) is 0.192. The number of non-ortho nitro benzene ring substituents is 1. The molecule has 0 saturated carbocycles. The molecule has 5 rings (SSSR count). The van der Waals surface area contributed by atoms with Crippen molar-refractivity contribution in [3.63, 3.8) is 0 Å². The molecule has 2 N–H and O–H groups in total. The van der Waals surface area contributed by atoms with Gasteiger partial charge in [0.25, 0.3) is 5.69 Å². The maximum atomic E-state index is 13.5. The molecule has 0 spiro atoms. The Morgan fingerprint density at radius 2 is 1.50 bits per heavy atom. The minimum atomic E-state index is -1.22. The summed E-state index contributed by atoms with van der Waals surface area (Å²) in [5.74, 6) is -2.88. The second kappa shape index (κ2) is 13.7. The topological polar surface area (TPSA) is 125 Å². The lowest BCUT2D eigenvalue weighted by Gasteiger charge is -2.39. The second-order valence-electron chi connectivity index (χ2n) is 11.0. The van der Waals surface area contributed by atoms with E-state index in [1.54, 1.807) is 19.9 Å². The van der Waals surface area contributed by atoms with Gasteiger partial charge in [-0.05, 0) is 30.5 Å². The lowest BCUT2D eigenvalue weighted by atomic mass is 9.80. The fourth-order valence-corrected chi connectivity index (χ4v) is 6.17. The number of aliphatic carboxylic acids is 1. The molecule has 1 atom stereocenters. The highest BCUT2D eigenvalue weighted by atomic mass is 16.6. The normalized spacial score (nSPS) is 17.8. The number of allylic oxidation sites excluding steroid dienone is 2. The molecular weight excluding hydrogens is 560 g/mol. The number of hydrogen-bond donors (Lipinski definition) is 2. The van der Waals surface area contributed by atoms with Crippen LogP contribution in [0.3, 0.4) is 0 Å². The van der Waals surface area contributed by atoms with Gasteiger partial charge < -0.3 is 15.2 Å². The molecule has 0 radical (unpaired) electrons. The van der Waals surface area contributed by atoms with Crippen LogP contribution in [0.1, 0.15) is 42.5 Å². The molecule has 228 valence electrons. The summed E-state index contributed by atoms with van der Waals surface area (Å²) in [6.07, 6.45) is 0. The zero-order chi connectivity index (χ0) is 31.2. The maximum absolute atomic E-state index is 13.5. The summed E-state index contributed by atoms with van der Waals surface area (Å²) in [7, 11) is 0. The number of nitro benzene ring substituents is 1. The summed E-state index contributed by atoms with van der Waals surface area (Å²) >= 11 is 0. The van der Waals surface area contributed by atoms with Gasteiger partial charge in [0.2, 0.25) is 0 Å². The Balaban J connectivity index is 1.25. The third kappa shape index (κ3) is 6.72. The van der Waals surface area contributed by atoms with Gasteiger partial charge in [-0.1, -0.05) is 72.8 Å². The van der Waals surface area contributed by atoms with E-state index in [1.807, 2.05) is 12.1 Å². The highest BCUT2D eigenvalue weighted by molar-refractivity contribution is 5.99. The number of piperazine rings is 1. The van der Waals surface area contributed by atoms with Crippen molar-refractivity contribution in [2.45, 2.75) is 25.8 Å². The molecule has 10 nitrogen and oxygen atoms in total. The largest absolute Gasteiger partial charge is 0.478 e. The Morgan fingerprint density at radius 1 is 0.909 bits per heavy atom. The average molecular weight is 597 g/mol. The molecule has 2 aliphatic heterocycles. The van der Waals surface area contributed by atoms with E-state index in [0.29, 0.717) is 23.5 Å². The van der Waals surface area contributed by atoms with Crippen molar-refractivity contribution >= 4 is 17.6 Å². The number of benzene rings is 3. The molecule has 2 aliphatic rings. The number of esters is 1. The third-order valence-corrected chi connectivity index (χ3v) is 8.27. The van der Waals surface area contributed by atoms with Crippen LogP contribution in [0, 0.1) is 10.1 Å². The summed E-state index contributed by atoms with van der Waals surface area (Å²) in [5.41, 5.74) is 3.54. The van der Waals surface area contributed by atoms with E-state index in [-0.39, 0.29) is 29.5 Å². The first-order chi connectivity index (χ1) is 21.2. The monoisotopic (exact) mass is 596 g/mol. The standard InChI is InChI=1S/C34H36N4O6/c1-23-29(33(39)40)31(27-14-9-15-28(22-27)38(42)43)30(24(2)35-23)34(41)44-21-20-36-16-18-37(19-17-36)32(25-10-5-3-6-11-25)26-12-7-4-8-13-26/h3-15,22,31-32,35H,16-21H2,1-2H3,(H,39,40). The number of carboxylic acid groups (broad SMARTS) is 1. The maximum Gasteiger partial charge on any atom is 0.336 e. The fourth-order valence-electron chi connectivity index (χ4n) is 6.17. The number of dihydropyridines is 1. The van der Waals surface area contributed by atoms with Gasteiger partial charge in [-0.3, -0.25) is 19.9 Å². The van der Waals surface area contributed by atoms with E-state index in [9.17, 15) is 24.8 Å². The van der Waals surface area contributed by atoms with Crippen LogP contribution in [0.25, 0.3) is 0 Å². The summed E-state index contributed by atoms with van der Waals surface area (Å²) in [5, 5.41) is 24.5. The number of ether oxygens (including phenoxy) is 1. The van der Waals surface area contributed by atoms with Gasteiger partial charge in [0.15, 0.2) is 0 Å². The molecule has 10 heteroatoms. The number of carbonyl (C=O) groups excluding carboxylic acids is 1. The van der Waals surface area contributed by atoms with E-state index in [1.165, 1.54) is 29.3 Å². The van der Waals surface area contributed by atoms with E-state index in [4.69, 9.17) is 4.74 Å². The van der Waals surface area contributed by atoms with Crippen molar-refractivity contribution in [1.82, 2.24) is 15.1 Å². The Hall–Kier alpha value is -4.80. The van der Waals surface area contributed by atoms with Gasteiger partial charge in [-0.15, -0.1) is 0 Å². The van der Waals surface area contributed by atoms with Crippen LogP contribution in [0.2, 0.25) is 0 Å². The zero-order valence-corrected chi connectivity index (χ0v) is 24.8. The van der Waals surface area contributed by atoms with Gasteiger partial charge in [0, 0.05) is 56.3 Å². The summed E-state index contributed by atoms with van der Waals surface area (Å²) in [6, 6.07) is 26.8. The van der Waals surface area contributed by atoms with Gasteiger partial charge >= 0.3 is 11.9 Å². The molecule has 3 aromatic carbocycles. The predicted molar refractivity (Wildman–Crippen MR) is 166 cm³/mol. The van der Waals surface area contributed by atoms with Crippen LogP contribution in [0.15, 0.2) is 107 Å². The lowest BCUT2D eigenvalue weighted by molar-refractivity contribution is -0.384. The molecule has 0 aliphatic carbocycles. The Kier molecular flexibility index (Phi) is 9.52. The molecule has 0 amide bonds. The van der Waals surface area contributed by atoms with Crippen molar-refractivity contribution in [3.8, 4) is 0 Å². The number of hydrogen-bond acceptors (Lipinski definition) is 8.